The van der Waals surface area contributed by atoms with Crippen LogP contribution >= 0.6 is 0 Å². The van der Waals surface area contributed by atoms with Crippen molar-refractivity contribution in [2.24, 2.45) is 0 Å². The predicted octanol–water partition coefficient (Wildman–Crippen LogP) is 6.15. The molecule has 4 heteroatoms. The van der Waals surface area contributed by atoms with Crippen molar-refractivity contribution >= 4 is 22.5 Å². The molecular weight excluding hydrogens is 352 g/mol. The number of carboxylic acid groups (broad SMARTS) is 1. The average Bonchev–Trinajstić information content (AvgIpc) is 3.03. The van der Waals surface area contributed by atoms with E-state index in [9.17, 15) is 9.90 Å². The van der Waals surface area contributed by atoms with E-state index in [2.05, 4.69) is 33.8 Å². The van der Waals surface area contributed by atoms with Gasteiger partial charge in [0.15, 0.2) is 0 Å². The van der Waals surface area contributed by atoms with Crippen LogP contribution in [-0.4, -0.2) is 16.2 Å². The van der Waals surface area contributed by atoms with Crippen LogP contribution in [-0.2, 0) is 16.6 Å². The van der Waals surface area contributed by atoms with Gasteiger partial charge >= 0.3 is 5.97 Å². The fraction of sp³-hybridized carbons (Fsp3) is 0.292. The molecule has 0 atom stereocenters. The van der Waals surface area contributed by atoms with E-state index in [0.717, 1.165) is 34.6 Å². The zero-order valence-electron chi connectivity index (χ0n) is 17.0. The predicted molar refractivity (Wildman–Crippen MR) is 113 cm³/mol. The molecule has 3 aromatic rings. The van der Waals surface area contributed by atoms with Gasteiger partial charge in [0.2, 0.25) is 0 Å². The topological polar surface area (TPSA) is 70.7 Å². The molecule has 0 aliphatic carbocycles. The van der Waals surface area contributed by atoms with Gasteiger partial charge in [-0.05, 0) is 59.7 Å². The SMILES string of the molecule is CCc1cc(-c2ccc3oc(C(C)=CC(=O)O)cc3c2)c(O)c(C(C)(C)C)c1. The van der Waals surface area contributed by atoms with Gasteiger partial charge in [0.05, 0.1) is 0 Å². The Hall–Kier alpha value is -3.01. The maximum absolute atomic E-state index is 11.0. The molecule has 2 N–H and O–H groups in total. The summed E-state index contributed by atoms with van der Waals surface area (Å²) in [4.78, 5) is 10.9. The van der Waals surface area contributed by atoms with Crippen molar-refractivity contribution in [1.29, 1.82) is 0 Å². The van der Waals surface area contributed by atoms with Gasteiger partial charge in [-0.1, -0.05) is 39.8 Å². The van der Waals surface area contributed by atoms with Gasteiger partial charge in [-0.25, -0.2) is 4.79 Å². The quantitative estimate of drug-likeness (QED) is 0.534. The van der Waals surface area contributed by atoms with Gasteiger partial charge < -0.3 is 14.6 Å². The van der Waals surface area contributed by atoms with Crippen molar-refractivity contribution in [1.82, 2.24) is 0 Å². The summed E-state index contributed by atoms with van der Waals surface area (Å²) in [5.41, 5.74) is 4.86. The van der Waals surface area contributed by atoms with E-state index < -0.39 is 5.97 Å². The van der Waals surface area contributed by atoms with Crippen LogP contribution in [0.3, 0.4) is 0 Å². The maximum Gasteiger partial charge on any atom is 0.328 e. The van der Waals surface area contributed by atoms with Gasteiger partial charge in [0.1, 0.15) is 17.1 Å². The van der Waals surface area contributed by atoms with Crippen molar-refractivity contribution in [3.63, 3.8) is 0 Å². The summed E-state index contributed by atoms with van der Waals surface area (Å²) in [5, 5.41) is 20.8. The number of rotatable bonds is 4. The molecule has 0 amide bonds. The first kappa shape index (κ1) is 19.7. The summed E-state index contributed by atoms with van der Waals surface area (Å²) in [7, 11) is 0. The summed E-state index contributed by atoms with van der Waals surface area (Å²) in [6, 6.07) is 11.7. The molecule has 0 fully saturated rings. The highest BCUT2D eigenvalue weighted by Crippen LogP contribution is 2.40. The molecule has 0 radical (unpaired) electrons. The Morgan fingerprint density at radius 3 is 2.46 bits per heavy atom. The van der Waals surface area contributed by atoms with Crippen molar-refractivity contribution in [3.8, 4) is 16.9 Å². The largest absolute Gasteiger partial charge is 0.507 e. The van der Waals surface area contributed by atoms with Crippen molar-refractivity contribution in [2.75, 3.05) is 0 Å². The summed E-state index contributed by atoms with van der Waals surface area (Å²) in [6.07, 6.45) is 2.01. The maximum atomic E-state index is 11.0. The van der Waals surface area contributed by atoms with E-state index in [4.69, 9.17) is 9.52 Å². The number of allylic oxidation sites excluding steroid dienone is 1. The van der Waals surface area contributed by atoms with Gasteiger partial charge in [-0.3, -0.25) is 0 Å². The molecule has 0 saturated carbocycles. The van der Waals surface area contributed by atoms with Crippen molar-refractivity contribution < 1.29 is 19.4 Å². The monoisotopic (exact) mass is 378 g/mol. The zero-order chi connectivity index (χ0) is 20.6. The zero-order valence-corrected chi connectivity index (χ0v) is 17.0. The number of benzene rings is 2. The van der Waals surface area contributed by atoms with E-state index in [1.165, 1.54) is 5.56 Å². The summed E-state index contributed by atoms with van der Waals surface area (Å²) in [6.45, 7) is 10.1. The standard InChI is InChI=1S/C24H26O4/c1-6-15-10-18(23(27)19(11-15)24(3,4)5)16-7-8-20-17(12-16)13-21(28-20)14(2)9-22(25)26/h7-13,27H,6H2,1-5H3,(H,25,26). The Balaban J connectivity index is 2.15. The third-order valence-corrected chi connectivity index (χ3v) is 4.94. The van der Waals surface area contributed by atoms with Crippen LogP contribution in [0.5, 0.6) is 5.75 Å². The second kappa shape index (κ2) is 7.19. The number of aromatic hydroxyl groups is 1. The second-order valence-corrected chi connectivity index (χ2v) is 8.17. The highest BCUT2D eigenvalue weighted by atomic mass is 16.4. The third kappa shape index (κ3) is 3.81. The van der Waals surface area contributed by atoms with Crippen LogP contribution < -0.4 is 0 Å². The Labute approximate surface area is 165 Å². The van der Waals surface area contributed by atoms with Crippen molar-refractivity contribution in [2.45, 2.75) is 46.5 Å². The van der Waals surface area contributed by atoms with E-state index in [1.807, 2.05) is 30.3 Å². The van der Waals surface area contributed by atoms with Crippen LogP contribution in [0.4, 0.5) is 0 Å². The minimum atomic E-state index is -1.00. The van der Waals surface area contributed by atoms with Crippen LogP contribution in [0, 0.1) is 0 Å². The minimum absolute atomic E-state index is 0.171. The molecule has 28 heavy (non-hydrogen) atoms. The number of furan rings is 1. The van der Waals surface area contributed by atoms with Gasteiger partial charge in [0.25, 0.3) is 0 Å². The molecule has 2 aromatic carbocycles. The lowest BCUT2D eigenvalue weighted by molar-refractivity contribution is -0.131. The molecular formula is C24H26O4. The lowest BCUT2D eigenvalue weighted by Gasteiger charge is -2.23. The number of hydrogen-bond donors (Lipinski definition) is 2. The number of fused-ring (bicyclic) bond motifs is 1. The van der Waals surface area contributed by atoms with E-state index >= 15 is 0 Å². The molecule has 0 unspecified atom stereocenters. The molecule has 0 aliphatic heterocycles. The summed E-state index contributed by atoms with van der Waals surface area (Å²) in [5.74, 6) is -0.180. The number of hydrogen-bond acceptors (Lipinski definition) is 3. The Bertz CT molecular complexity index is 1080. The minimum Gasteiger partial charge on any atom is -0.507 e. The first-order chi connectivity index (χ1) is 13.1. The fourth-order valence-corrected chi connectivity index (χ4v) is 3.35. The van der Waals surface area contributed by atoms with E-state index in [0.29, 0.717) is 22.7 Å². The first-order valence-corrected chi connectivity index (χ1v) is 9.42. The van der Waals surface area contributed by atoms with E-state index in [-0.39, 0.29) is 5.41 Å². The molecule has 1 aromatic heterocycles. The smallest absolute Gasteiger partial charge is 0.328 e. The van der Waals surface area contributed by atoms with E-state index in [1.54, 1.807) is 6.92 Å². The van der Waals surface area contributed by atoms with Crippen molar-refractivity contribution in [3.05, 3.63) is 59.4 Å². The molecule has 0 aliphatic rings. The molecule has 4 nitrogen and oxygen atoms in total. The molecule has 0 saturated heterocycles. The Morgan fingerprint density at radius 1 is 1.14 bits per heavy atom. The third-order valence-electron chi connectivity index (χ3n) is 4.94. The number of carbonyl (C=O) groups is 1. The first-order valence-electron chi connectivity index (χ1n) is 9.42. The Morgan fingerprint density at radius 2 is 1.86 bits per heavy atom. The van der Waals surface area contributed by atoms with Crippen LogP contribution in [0.25, 0.3) is 27.7 Å². The van der Waals surface area contributed by atoms with Crippen LogP contribution in [0.1, 0.15) is 51.5 Å². The Kier molecular flexibility index (Phi) is 5.07. The molecule has 1 heterocycles. The number of phenolic OH excluding ortho intramolecular Hbond substituents is 1. The summed E-state index contributed by atoms with van der Waals surface area (Å²) >= 11 is 0. The lowest BCUT2D eigenvalue weighted by atomic mass is 9.82. The fourth-order valence-electron chi connectivity index (χ4n) is 3.35. The average molecular weight is 378 g/mol. The van der Waals surface area contributed by atoms with Gasteiger partial charge in [0, 0.05) is 22.6 Å². The number of carboxylic acids is 1. The summed E-state index contributed by atoms with van der Waals surface area (Å²) < 4.78 is 5.78. The molecule has 0 spiro atoms. The normalized spacial score (nSPS) is 12.5. The molecule has 3 rings (SSSR count). The number of aryl methyl sites for hydroxylation is 1. The molecule has 0 bridgehead atoms. The highest BCUT2D eigenvalue weighted by molar-refractivity contribution is 5.92. The lowest BCUT2D eigenvalue weighted by Crippen LogP contribution is -2.12. The van der Waals surface area contributed by atoms with Gasteiger partial charge in [-0.2, -0.15) is 0 Å². The number of aliphatic carboxylic acids is 1. The van der Waals surface area contributed by atoms with Gasteiger partial charge in [-0.15, -0.1) is 0 Å². The molecule has 146 valence electrons. The number of phenols is 1. The van der Waals surface area contributed by atoms with Crippen LogP contribution in [0.15, 0.2) is 46.9 Å². The highest BCUT2D eigenvalue weighted by Gasteiger charge is 2.22. The van der Waals surface area contributed by atoms with Crippen LogP contribution in [0.2, 0.25) is 0 Å². The second-order valence-electron chi connectivity index (χ2n) is 8.17.